The molecule has 3 rings (SSSR count). The van der Waals surface area contributed by atoms with E-state index in [2.05, 4.69) is 9.97 Å². The zero-order valence-corrected chi connectivity index (χ0v) is 9.29. The van der Waals surface area contributed by atoms with Crippen LogP contribution in [0.15, 0.2) is 42.7 Å². The maximum atomic E-state index is 13.0. The number of ether oxygens (including phenoxy) is 2. The fourth-order valence-electron chi connectivity index (χ4n) is 1.60. The third-order valence-corrected chi connectivity index (χ3v) is 2.40. The third-order valence-electron chi connectivity index (χ3n) is 2.40. The van der Waals surface area contributed by atoms with Crippen LogP contribution in [-0.4, -0.2) is 16.3 Å². The Hall–Kier alpha value is -2.43. The summed E-state index contributed by atoms with van der Waals surface area (Å²) in [5.74, 6) is 0.945. The summed E-state index contributed by atoms with van der Waals surface area (Å²) in [6, 6.07) is 7.08. The lowest BCUT2D eigenvalue weighted by molar-refractivity contribution is 0.111. The van der Waals surface area contributed by atoms with Crippen LogP contribution in [0.1, 0.15) is 5.56 Å². The summed E-state index contributed by atoms with van der Waals surface area (Å²) >= 11 is 0. The Kier molecular flexibility index (Phi) is 2.64. The molecule has 18 heavy (non-hydrogen) atoms. The first-order valence-electron chi connectivity index (χ1n) is 5.39. The van der Waals surface area contributed by atoms with Crippen LogP contribution in [0.4, 0.5) is 4.39 Å². The molecule has 5 heteroatoms. The maximum absolute atomic E-state index is 13.0. The standard InChI is InChI=1S/C13H9FN2O2/c14-12-5-3-9-2-4-10(8-11(9)18-12)17-13-15-6-1-7-16-13/h1-8,12H. The number of hydrogen-bond acceptors (Lipinski definition) is 4. The van der Waals surface area contributed by atoms with Crippen LogP contribution in [0.5, 0.6) is 17.5 Å². The van der Waals surface area contributed by atoms with Gasteiger partial charge in [0, 0.05) is 24.0 Å². The van der Waals surface area contributed by atoms with Crippen LogP contribution in [0, 0.1) is 0 Å². The monoisotopic (exact) mass is 244 g/mol. The van der Waals surface area contributed by atoms with E-state index in [1.165, 1.54) is 6.08 Å². The second-order valence-corrected chi connectivity index (χ2v) is 3.66. The van der Waals surface area contributed by atoms with E-state index in [0.29, 0.717) is 11.5 Å². The summed E-state index contributed by atoms with van der Waals surface area (Å²) in [6.45, 7) is 0. The summed E-state index contributed by atoms with van der Waals surface area (Å²) in [6.07, 6.45) is 4.77. The van der Waals surface area contributed by atoms with E-state index in [1.54, 1.807) is 42.7 Å². The molecule has 4 nitrogen and oxygen atoms in total. The van der Waals surface area contributed by atoms with Gasteiger partial charge in [0.05, 0.1) is 0 Å². The number of rotatable bonds is 2. The summed E-state index contributed by atoms with van der Waals surface area (Å²) in [4.78, 5) is 7.88. The van der Waals surface area contributed by atoms with E-state index in [1.807, 2.05) is 0 Å². The second-order valence-electron chi connectivity index (χ2n) is 3.66. The molecular formula is C13H9FN2O2. The summed E-state index contributed by atoms with van der Waals surface area (Å²) in [5, 5.41) is 0. The smallest absolute Gasteiger partial charge is 0.321 e. The van der Waals surface area contributed by atoms with E-state index in [9.17, 15) is 4.39 Å². The molecular weight excluding hydrogens is 235 g/mol. The Morgan fingerprint density at radius 3 is 2.89 bits per heavy atom. The Balaban J connectivity index is 1.87. The molecule has 1 aromatic carbocycles. The molecule has 1 aliphatic rings. The van der Waals surface area contributed by atoms with Gasteiger partial charge in [0.15, 0.2) is 0 Å². The van der Waals surface area contributed by atoms with Gasteiger partial charge >= 0.3 is 6.01 Å². The van der Waals surface area contributed by atoms with E-state index in [0.717, 1.165) is 5.56 Å². The maximum Gasteiger partial charge on any atom is 0.321 e. The molecule has 90 valence electrons. The van der Waals surface area contributed by atoms with Crippen molar-refractivity contribution < 1.29 is 13.9 Å². The number of benzene rings is 1. The van der Waals surface area contributed by atoms with Crippen molar-refractivity contribution in [3.8, 4) is 17.5 Å². The number of hydrogen-bond donors (Lipinski definition) is 0. The Morgan fingerprint density at radius 1 is 1.22 bits per heavy atom. The summed E-state index contributed by atoms with van der Waals surface area (Å²) in [7, 11) is 0. The molecule has 0 spiro atoms. The first-order valence-corrected chi connectivity index (χ1v) is 5.39. The lowest BCUT2D eigenvalue weighted by atomic mass is 10.1. The van der Waals surface area contributed by atoms with Gasteiger partial charge < -0.3 is 9.47 Å². The predicted octanol–water partition coefficient (Wildman–Crippen LogP) is 2.97. The predicted molar refractivity (Wildman–Crippen MR) is 63.1 cm³/mol. The molecule has 0 radical (unpaired) electrons. The van der Waals surface area contributed by atoms with Crippen LogP contribution >= 0.6 is 0 Å². The molecule has 0 fully saturated rings. The lowest BCUT2D eigenvalue weighted by Gasteiger charge is -2.16. The molecule has 2 aromatic rings. The van der Waals surface area contributed by atoms with Crippen molar-refractivity contribution in [1.82, 2.24) is 9.97 Å². The Morgan fingerprint density at radius 2 is 2.06 bits per heavy atom. The molecule has 0 saturated carbocycles. The van der Waals surface area contributed by atoms with Gasteiger partial charge in [-0.3, -0.25) is 0 Å². The Bertz CT molecular complexity index is 587. The first kappa shape index (κ1) is 10.7. The van der Waals surface area contributed by atoms with Crippen molar-refractivity contribution in [2.45, 2.75) is 6.36 Å². The molecule has 1 aromatic heterocycles. The zero-order chi connectivity index (χ0) is 12.4. The first-order chi connectivity index (χ1) is 8.81. The summed E-state index contributed by atoms with van der Waals surface area (Å²) < 4.78 is 23.5. The highest BCUT2D eigenvalue weighted by Gasteiger charge is 2.14. The fraction of sp³-hybridized carbons (Fsp3) is 0.0769. The van der Waals surface area contributed by atoms with Crippen molar-refractivity contribution in [2.75, 3.05) is 0 Å². The molecule has 0 N–H and O–H groups in total. The largest absolute Gasteiger partial charge is 0.456 e. The van der Waals surface area contributed by atoms with Gasteiger partial charge in [0.1, 0.15) is 11.5 Å². The average molecular weight is 244 g/mol. The zero-order valence-electron chi connectivity index (χ0n) is 9.29. The van der Waals surface area contributed by atoms with Crippen LogP contribution in [0.3, 0.4) is 0 Å². The normalized spacial score (nSPS) is 16.8. The van der Waals surface area contributed by atoms with Gasteiger partial charge in [-0.15, -0.1) is 0 Å². The minimum atomic E-state index is -1.42. The third kappa shape index (κ3) is 2.15. The number of alkyl halides is 1. The number of nitrogens with zero attached hydrogens (tertiary/aromatic N) is 2. The van der Waals surface area contributed by atoms with Crippen molar-refractivity contribution in [3.63, 3.8) is 0 Å². The molecule has 0 bridgehead atoms. The van der Waals surface area contributed by atoms with E-state index < -0.39 is 6.36 Å². The van der Waals surface area contributed by atoms with Crippen molar-refractivity contribution >= 4 is 6.08 Å². The van der Waals surface area contributed by atoms with E-state index >= 15 is 0 Å². The minimum absolute atomic E-state index is 0.237. The SMILES string of the molecule is FC1C=Cc2ccc(Oc3ncccn3)cc2O1. The van der Waals surface area contributed by atoms with Crippen molar-refractivity contribution in [1.29, 1.82) is 0 Å². The molecule has 0 saturated heterocycles. The summed E-state index contributed by atoms with van der Waals surface area (Å²) in [5.41, 5.74) is 0.810. The number of fused-ring (bicyclic) bond motifs is 1. The molecule has 1 aliphatic heterocycles. The van der Waals surface area contributed by atoms with Crippen LogP contribution in [0.2, 0.25) is 0 Å². The van der Waals surface area contributed by atoms with Gasteiger partial charge in [-0.2, -0.15) is 4.39 Å². The highest BCUT2D eigenvalue weighted by atomic mass is 19.1. The van der Waals surface area contributed by atoms with E-state index in [4.69, 9.17) is 9.47 Å². The molecule has 0 amide bonds. The van der Waals surface area contributed by atoms with Gasteiger partial charge in [-0.05, 0) is 30.4 Å². The van der Waals surface area contributed by atoms with Gasteiger partial charge in [-0.25, -0.2) is 9.97 Å². The van der Waals surface area contributed by atoms with Gasteiger partial charge in [0.2, 0.25) is 0 Å². The Labute approximate surface area is 103 Å². The minimum Gasteiger partial charge on any atom is -0.456 e. The quantitative estimate of drug-likeness (QED) is 0.814. The van der Waals surface area contributed by atoms with Crippen molar-refractivity contribution in [2.24, 2.45) is 0 Å². The molecule has 0 aliphatic carbocycles. The fourth-order valence-corrected chi connectivity index (χ4v) is 1.60. The van der Waals surface area contributed by atoms with E-state index in [-0.39, 0.29) is 6.01 Å². The average Bonchev–Trinajstić information content (AvgIpc) is 2.39. The highest BCUT2D eigenvalue weighted by molar-refractivity contribution is 5.61. The van der Waals surface area contributed by atoms with Crippen molar-refractivity contribution in [3.05, 3.63) is 48.3 Å². The lowest BCUT2D eigenvalue weighted by Crippen LogP contribution is -2.10. The number of halogens is 1. The number of aromatic nitrogens is 2. The molecule has 2 heterocycles. The molecule has 1 unspecified atom stereocenters. The topological polar surface area (TPSA) is 44.2 Å². The van der Waals surface area contributed by atoms with Crippen LogP contribution in [-0.2, 0) is 0 Å². The van der Waals surface area contributed by atoms with Crippen LogP contribution < -0.4 is 9.47 Å². The van der Waals surface area contributed by atoms with Gasteiger partial charge in [0.25, 0.3) is 6.36 Å². The highest BCUT2D eigenvalue weighted by Crippen LogP contribution is 2.31. The van der Waals surface area contributed by atoms with Gasteiger partial charge in [-0.1, -0.05) is 0 Å². The van der Waals surface area contributed by atoms with Crippen LogP contribution in [0.25, 0.3) is 6.08 Å². The molecule has 1 atom stereocenters. The second kappa shape index (κ2) is 4.44.